The molecule has 0 heterocycles. The van der Waals surface area contributed by atoms with Gasteiger partial charge in [-0.15, -0.1) is 0 Å². The smallest absolute Gasteiger partial charge is 0.124 e. The van der Waals surface area contributed by atoms with Crippen LogP contribution in [0.15, 0.2) is 0 Å². The van der Waals surface area contributed by atoms with Gasteiger partial charge in [0.05, 0.1) is 0 Å². The Hall–Kier alpha value is -0.370. The van der Waals surface area contributed by atoms with Gasteiger partial charge in [0.1, 0.15) is 6.29 Å². The van der Waals surface area contributed by atoms with Crippen LogP contribution in [0, 0.1) is 11.8 Å². The number of aldehydes is 1. The van der Waals surface area contributed by atoms with Crippen LogP contribution < -0.4 is 5.73 Å². The number of carbonyl (C=O) groups excluding carboxylic acids is 1. The van der Waals surface area contributed by atoms with Crippen molar-refractivity contribution >= 4 is 6.29 Å². The second-order valence-corrected chi connectivity index (χ2v) is 3.43. The van der Waals surface area contributed by atoms with Gasteiger partial charge in [-0.05, 0) is 18.8 Å². The zero-order valence-electron chi connectivity index (χ0n) is 6.96. The molecule has 1 rings (SSSR count). The fraction of sp³-hybridized carbons (Fsp3) is 0.889. The lowest BCUT2D eigenvalue weighted by Gasteiger charge is -2.25. The molecule has 1 aliphatic rings. The fourth-order valence-corrected chi connectivity index (χ4v) is 1.92. The van der Waals surface area contributed by atoms with E-state index in [-0.39, 0.29) is 5.92 Å². The van der Waals surface area contributed by atoms with Gasteiger partial charge in [-0.25, -0.2) is 0 Å². The summed E-state index contributed by atoms with van der Waals surface area (Å²) in [5.41, 5.74) is 5.48. The predicted molar refractivity (Wildman–Crippen MR) is 45.2 cm³/mol. The molecule has 0 bridgehead atoms. The summed E-state index contributed by atoms with van der Waals surface area (Å²) in [6.45, 7) is 0.536. The van der Waals surface area contributed by atoms with Crippen LogP contribution in [-0.2, 0) is 4.79 Å². The van der Waals surface area contributed by atoms with Crippen LogP contribution >= 0.6 is 0 Å². The van der Waals surface area contributed by atoms with Crippen molar-refractivity contribution in [3.63, 3.8) is 0 Å². The Morgan fingerprint density at radius 3 is 2.45 bits per heavy atom. The van der Waals surface area contributed by atoms with Crippen LogP contribution in [0.3, 0.4) is 0 Å². The largest absolute Gasteiger partial charge is 0.330 e. The molecule has 1 aliphatic carbocycles. The highest BCUT2D eigenvalue weighted by molar-refractivity contribution is 5.54. The lowest BCUT2D eigenvalue weighted by atomic mass is 9.81. The molecule has 0 aromatic carbocycles. The van der Waals surface area contributed by atoms with Crippen molar-refractivity contribution in [1.29, 1.82) is 0 Å². The van der Waals surface area contributed by atoms with E-state index in [0.717, 1.165) is 6.29 Å². The zero-order chi connectivity index (χ0) is 8.10. The molecule has 0 aromatic rings. The molecule has 0 amide bonds. The van der Waals surface area contributed by atoms with Gasteiger partial charge in [-0.1, -0.05) is 19.3 Å². The monoisotopic (exact) mass is 155 g/mol. The van der Waals surface area contributed by atoms with Crippen molar-refractivity contribution in [3.05, 3.63) is 0 Å². The molecule has 1 fully saturated rings. The molecule has 2 nitrogen and oxygen atoms in total. The van der Waals surface area contributed by atoms with Gasteiger partial charge in [0.25, 0.3) is 0 Å². The quantitative estimate of drug-likeness (QED) is 0.625. The molecule has 1 atom stereocenters. The number of hydrogen-bond acceptors (Lipinski definition) is 2. The van der Waals surface area contributed by atoms with E-state index in [2.05, 4.69) is 0 Å². The lowest BCUT2D eigenvalue weighted by Crippen LogP contribution is -2.26. The molecule has 0 spiro atoms. The van der Waals surface area contributed by atoms with Gasteiger partial charge in [-0.3, -0.25) is 0 Å². The van der Waals surface area contributed by atoms with Crippen LogP contribution in [0.1, 0.15) is 32.1 Å². The topological polar surface area (TPSA) is 43.1 Å². The minimum atomic E-state index is 0.135. The van der Waals surface area contributed by atoms with Crippen LogP contribution in [0.4, 0.5) is 0 Å². The average Bonchev–Trinajstić information content (AvgIpc) is 2.09. The van der Waals surface area contributed by atoms with Crippen molar-refractivity contribution in [2.24, 2.45) is 17.6 Å². The molecule has 2 N–H and O–H groups in total. The van der Waals surface area contributed by atoms with Crippen molar-refractivity contribution < 1.29 is 4.79 Å². The number of rotatable bonds is 3. The average molecular weight is 155 g/mol. The third-order valence-corrected chi connectivity index (χ3v) is 2.70. The van der Waals surface area contributed by atoms with Gasteiger partial charge in [0.15, 0.2) is 0 Å². The van der Waals surface area contributed by atoms with Crippen molar-refractivity contribution in [2.75, 3.05) is 6.54 Å². The summed E-state index contributed by atoms with van der Waals surface area (Å²) in [5.74, 6) is 0.724. The van der Waals surface area contributed by atoms with Crippen molar-refractivity contribution in [2.45, 2.75) is 32.1 Å². The van der Waals surface area contributed by atoms with E-state index in [1.165, 1.54) is 32.1 Å². The molecule has 11 heavy (non-hydrogen) atoms. The highest BCUT2D eigenvalue weighted by atomic mass is 16.1. The van der Waals surface area contributed by atoms with Gasteiger partial charge in [-0.2, -0.15) is 0 Å². The standard InChI is InChI=1S/C9H17NO/c10-6-9(7-11)8-4-2-1-3-5-8/h7-9H,1-6,10H2. The first kappa shape index (κ1) is 8.72. The Bertz CT molecular complexity index is 119. The second-order valence-electron chi connectivity index (χ2n) is 3.43. The van der Waals surface area contributed by atoms with E-state index in [1.807, 2.05) is 0 Å². The normalized spacial score (nSPS) is 23.0. The maximum atomic E-state index is 10.6. The van der Waals surface area contributed by atoms with Crippen molar-refractivity contribution in [1.82, 2.24) is 0 Å². The van der Waals surface area contributed by atoms with Gasteiger partial charge >= 0.3 is 0 Å². The Morgan fingerprint density at radius 1 is 1.36 bits per heavy atom. The van der Waals surface area contributed by atoms with Crippen LogP contribution in [-0.4, -0.2) is 12.8 Å². The molecule has 0 saturated heterocycles. The summed E-state index contributed by atoms with van der Waals surface area (Å²) < 4.78 is 0. The van der Waals surface area contributed by atoms with Crippen LogP contribution in [0.5, 0.6) is 0 Å². The van der Waals surface area contributed by atoms with Crippen LogP contribution in [0.2, 0.25) is 0 Å². The highest BCUT2D eigenvalue weighted by Crippen LogP contribution is 2.28. The molecular weight excluding hydrogens is 138 g/mol. The SMILES string of the molecule is NCC(C=O)C1CCCCC1. The molecule has 64 valence electrons. The summed E-state index contributed by atoms with van der Waals surface area (Å²) >= 11 is 0. The molecule has 1 unspecified atom stereocenters. The minimum absolute atomic E-state index is 0.135. The molecule has 1 saturated carbocycles. The summed E-state index contributed by atoms with van der Waals surface area (Å²) in [6.07, 6.45) is 7.37. The summed E-state index contributed by atoms with van der Waals surface area (Å²) in [4.78, 5) is 10.6. The Morgan fingerprint density at radius 2 is 2.00 bits per heavy atom. The molecule has 0 aliphatic heterocycles. The van der Waals surface area contributed by atoms with E-state index < -0.39 is 0 Å². The first-order valence-corrected chi connectivity index (χ1v) is 4.54. The molecule has 0 radical (unpaired) electrons. The Balaban J connectivity index is 2.35. The maximum Gasteiger partial charge on any atom is 0.124 e. The number of hydrogen-bond donors (Lipinski definition) is 1. The van der Waals surface area contributed by atoms with Gasteiger partial charge < -0.3 is 10.5 Å². The second kappa shape index (κ2) is 4.50. The first-order chi connectivity index (χ1) is 5.38. The van der Waals surface area contributed by atoms with Gasteiger partial charge in [0.2, 0.25) is 0 Å². The zero-order valence-corrected chi connectivity index (χ0v) is 6.96. The van der Waals surface area contributed by atoms with Gasteiger partial charge in [0, 0.05) is 12.5 Å². The predicted octanol–water partition coefficient (Wildman–Crippen LogP) is 1.34. The fourth-order valence-electron chi connectivity index (χ4n) is 1.92. The molecule has 0 aromatic heterocycles. The van der Waals surface area contributed by atoms with E-state index >= 15 is 0 Å². The van der Waals surface area contributed by atoms with E-state index in [0.29, 0.717) is 12.5 Å². The number of nitrogens with two attached hydrogens (primary N) is 1. The minimum Gasteiger partial charge on any atom is -0.330 e. The summed E-state index contributed by atoms with van der Waals surface area (Å²) in [6, 6.07) is 0. The summed E-state index contributed by atoms with van der Waals surface area (Å²) in [7, 11) is 0. The highest BCUT2D eigenvalue weighted by Gasteiger charge is 2.21. The molecule has 2 heteroatoms. The lowest BCUT2D eigenvalue weighted by molar-refractivity contribution is -0.112. The molecular formula is C9H17NO. The summed E-state index contributed by atoms with van der Waals surface area (Å²) in [5, 5.41) is 0. The third-order valence-electron chi connectivity index (χ3n) is 2.70. The first-order valence-electron chi connectivity index (χ1n) is 4.54. The van der Waals surface area contributed by atoms with E-state index in [9.17, 15) is 4.79 Å². The Kier molecular flexibility index (Phi) is 3.57. The Labute approximate surface area is 68.2 Å². The van der Waals surface area contributed by atoms with E-state index in [1.54, 1.807) is 0 Å². The van der Waals surface area contributed by atoms with E-state index in [4.69, 9.17) is 5.73 Å². The maximum absolute atomic E-state index is 10.6. The third kappa shape index (κ3) is 2.29. The van der Waals surface area contributed by atoms with Crippen LogP contribution in [0.25, 0.3) is 0 Å². The van der Waals surface area contributed by atoms with Crippen molar-refractivity contribution in [3.8, 4) is 0 Å². The number of carbonyl (C=O) groups is 1.